The van der Waals surface area contributed by atoms with E-state index < -0.39 is 0 Å². The van der Waals surface area contributed by atoms with Crippen molar-refractivity contribution in [1.29, 1.82) is 0 Å². The van der Waals surface area contributed by atoms with Gasteiger partial charge < -0.3 is 10.1 Å². The number of hydrogen-bond acceptors (Lipinski definition) is 2. The standard InChI is InChI=1S/C13H19NO/c1-10(12-6-4-3-5-7-12)14-13-8-9-15-11(13)2/h3-7,10-11,13-14H,8-9H2,1-2H3. The highest BCUT2D eigenvalue weighted by Gasteiger charge is 2.25. The molecule has 1 fully saturated rings. The van der Waals surface area contributed by atoms with Crippen molar-refractivity contribution in [3.05, 3.63) is 35.9 Å². The third-order valence-electron chi connectivity index (χ3n) is 3.14. The summed E-state index contributed by atoms with van der Waals surface area (Å²) < 4.78 is 5.54. The quantitative estimate of drug-likeness (QED) is 0.818. The molecule has 1 saturated heterocycles. The maximum absolute atomic E-state index is 5.54. The average molecular weight is 205 g/mol. The summed E-state index contributed by atoms with van der Waals surface area (Å²) in [6.07, 6.45) is 1.47. The minimum Gasteiger partial charge on any atom is -0.377 e. The Hall–Kier alpha value is -0.860. The lowest BCUT2D eigenvalue weighted by atomic mass is 10.1. The molecule has 82 valence electrons. The molecule has 1 aliphatic heterocycles. The van der Waals surface area contributed by atoms with Gasteiger partial charge in [-0.05, 0) is 25.8 Å². The van der Waals surface area contributed by atoms with Crippen molar-refractivity contribution in [3.8, 4) is 0 Å². The van der Waals surface area contributed by atoms with Gasteiger partial charge in [-0.1, -0.05) is 30.3 Å². The van der Waals surface area contributed by atoms with Crippen molar-refractivity contribution in [2.45, 2.75) is 38.5 Å². The normalized spacial score (nSPS) is 27.9. The van der Waals surface area contributed by atoms with E-state index >= 15 is 0 Å². The van der Waals surface area contributed by atoms with Crippen LogP contribution in [0.25, 0.3) is 0 Å². The van der Waals surface area contributed by atoms with Crippen LogP contribution in [0.1, 0.15) is 31.9 Å². The molecule has 3 unspecified atom stereocenters. The van der Waals surface area contributed by atoms with Crippen LogP contribution in [0.3, 0.4) is 0 Å². The first-order valence-corrected chi connectivity index (χ1v) is 5.70. The molecular weight excluding hydrogens is 186 g/mol. The zero-order chi connectivity index (χ0) is 10.7. The SMILES string of the molecule is CC(NC1CCOC1C)c1ccccc1. The molecule has 0 amide bonds. The van der Waals surface area contributed by atoms with E-state index in [9.17, 15) is 0 Å². The Morgan fingerprint density at radius 3 is 2.67 bits per heavy atom. The molecule has 2 nitrogen and oxygen atoms in total. The second kappa shape index (κ2) is 4.77. The van der Waals surface area contributed by atoms with E-state index in [2.05, 4.69) is 49.5 Å². The highest BCUT2D eigenvalue weighted by atomic mass is 16.5. The van der Waals surface area contributed by atoms with Gasteiger partial charge in [0.1, 0.15) is 0 Å². The summed E-state index contributed by atoms with van der Waals surface area (Å²) in [4.78, 5) is 0. The molecule has 3 atom stereocenters. The Kier molecular flexibility index (Phi) is 3.39. The van der Waals surface area contributed by atoms with Crippen LogP contribution in [0.15, 0.2) is 30.3 Å². The number of rotatable bonds is 3. The smallest absolute Gasteiger partial charge is 0.0700 e. The maximum atomic E-state index is 5.54. The van der Waals surface area contributed by atoms with Gasteiger partial charge in [-0.2, -0.15) is 0 Å². The molecule has 0 radical (unpaired) electrons. The summed E-state index contributed by atoms with van der Waals surface area (Å²) in [6, 6.07) is 11.5. The van der Waals surface area contributed by atoms with Gasteiger partial charge in [-0.15, -0.1) is 0 Å². The highest BCUT2D eigenvalue weighted by Crippen LogP contribution is 2.18. The summed E-state index contributed by atoms with van der Waals surface area (Å²) in [6.45, 7) is 5.24. The van der Waals surface area contributed by atoms with E-state index in [-0.39, 0.29) is 0 Å². The van der Waals surface area contributed by atoms with Crippen LogP contribution in [0.2, 0.25) is 0 Å². The zero-order valence-corrected chi connectivity index (χ0v) is 9.44. The molecular formula is C13H19NO. The minimum atomic E-state index is 0.344. The number of hydrogen-bond donors (Lipinski definition) is 1. The van der Waals surface area contributed by atoms with Gasteiger partial charge in [0.05, 0.1) is 6.10 Å². The first-order chi connectivity index (χ1) is 7.27. The van der Waals surface area contributed by atoms with Gasteiger partial charge >= 0.3 is 0 Å². The number of benzene rings is 1. The van der Waals surface area contributed by atoms with Crippen LogP contribution in [0.5, 0.6) is 0 Å². The summed E-state index contributed by atoms with van der Waals surface area (Å²) in [5, 5.41) is 3.62. The summed E-state index contributed by atoms with van der Waals surface area (Å²) >= 11 is 0. The topological polar surface area (TPSA) is 21.3 Å². The van der Waals surface area contributed by atoms with Gasteiger partial charge in [0.25, 0.3) is 0 Å². The zero-order valence-electron chi connectivity index (χ0n) is 9.44. The first-order valence-electron chi connectivity index (χ1n) is 5.70. The second-order valence-electron chi connectivity index (χ2n) is 4.27. The molecule has 0 aromatic heterocycles. The summed E-state index contributed by atoms with van der Waals surface area (Å²) in [5.41, 5.74) is 1.34. The molecule has 0 saturated carbocycles. The second-order valence-corrected chi connectivity index (χ2v) is 4.27. The molecule has 2 rings (SSSR count). The Labute approximate surface area is 91.6 Å². The molecule has 1 aromatic carbocycles. The fraction of sp³-hybridized carbons (Fsp3) is 0.538. The van der Waals surface area contributed by atoms with Crippen molar-refractivity contribution < 1.29 is 4.74 Å². The van der Waals surface area contributed by atoms with Gasteiger partial charge in [0.15, 0.2) is 0 Å². The van der Waals surface area contributed by atoms with Crippen molar-refractivity contribution in [2.24, 2.45) is 0 Å². The van der Waals surface area contributed by atoms with E-state index in [1.165, 1.54) is 5.56 Å². The van der Waals surface area contributed by atoms with Crippen LogP contribution in [0, 0.1) is 0 Å². The van der Waals surface area contributed by atoms with E-state index in [1.807, 2.05) is 0 Å². The van der Waals surface area contributed by atoms with E-state index in [0.29, 0.717) is 18.2 Å². The van der Waals surface area contributed by atoms with E-state index in [1.54, 1.807) is 0 Å². The Morgan fingerprint density at radius 1 is 1.33 bits per heavy atom. The predicted octanol–water partition coefficient (Wildman–Crippen LogP) is 2.51. The van der Waals surface area contributed by atoms with Gasteiger partial charge in [-0.25, -0.2) is 0 Å². The molecule has 0 aliphatic carbocycles. The summed E-state index contributed by atoms with van der Waals surface area (Å²) in [7, 11) is 0. The van der Waals surface area contributed by atoms with Crippen LogP contribution >= 0.6 is 0 Å². The fourth-order valence-corrected chi connectivity index (χ4v) is 2.11. The number of nitrogens with one attached hydrogen (secondary N) is 1. The largest absolute Gasteiger partial charge is 0.377 e. The Morgan fingerprint density at radius 2 is 2.07 bits per heavy atom. The van der Waals surface area contributed by atoms with Crippen LogP contribution in [-0.4, -0.2) is 18.8 Å². The van der Waals surface area contributed by atoms with Gasteiger partial charge in [0.2, 0.25) is 0 Å². The average Bonchev–Trinajstić information content (AvgIpc) is 2.66. The predicted molar refractivity (Wildman–Crippen MR) is 61.8 cm³/mol. The van der Waals surface area contributed by atoms with Crippen LogP contribution < -0.4 is 5.32 Å². The van der Waals surface area contributed by atoms with Crippen LogP contribution in [-0.2, 0) is 4.74 Å². The highest BCUT2D eigenvalue weighted by molar-refractivity contribution is 5.18. The Bertz CT molecular complexity index is 299. The van der Waals surface area contributed by atoms with E-state index in [0.717, 1.165) is 13.0 Å². The Balaban J connectivity index is 1.95. The van der Waals surface area contributed by atoms with Gasteiger partial charge in [-0.3, -0.25) is 0 Å². The molecule has 1 aromatic rings. The summed E-state index contributed by atoms with van der Waals surface area (Å²) in [5.74, 6) is 0. The molecule has 1 aliphatic rings. The lowest BCUT2D eigenvalue weighted by Gasteiger charge is -2.21. The molecule has 1 N–H and O–H groups in total. The third-order valence-corrected chi connectivity index (χ3v) is 3.14. The third kappa shape index (κ3) is 2.58. The van der Waals surface area contributed by atoms with Gasteiger partial charge in [0, 0.05) is 18.7 Å². The van der Waals surface area contributed by atoms with Crippen molar-refractivity contribution in [2.75, 3.05) is 6.61 Å². The molecule has 0 bridgehead atoms. The van der Waals surface area contributed by atoms with E-state index in [4.69, 9.17) is 4.74 Å². The maximum Gasteiger partial charge on any atom is 0.0700 e. The van der Waals surface area contributed by atoms with Crippen molar-refractivity contribution in [3.63, 3.8) is 0 Å². The molecule has 1 heterocycles. The minimum absolute atomic E-state index is 0.344. The number of ether oxygens (including phenoxy) is 1. The lowest BCUT2D eigenvalue weighted by Crippen LogP contribution is -2.36. The van der Waals surface area contributed by atoms with Crippen molar-refractivity contribution in [1.82, 2.24) is 5.32 Å². The lowest BCUT2D eigenvalue weighted by molar-refractivity contribution is 0.111. The monoisotopic (exact) mass is 205 g/mol. The fourth-order valence-electron chi connectivity index (χ4n) is 2.11. The molecule has 2 heteroatoms. The molecule has 0 spiro atoms. The van der Waals surface area contributed by atoms with Crippen LogP contribution in [0.4, 0.5) is 0 Å². The molecule has 15 heavy (non-hydrogen) atoms. The first kappa shape index (κ1) is 10.7. The van der Waals surface area contributed by atoms with Crippen molar-refractivity contribution >= 4 is 0 Å².